The second-order valence-corrected chi connectivity index (χ2v) is 8.02. The van der Waals surface area contributed by atoms with Crippen LogP contribution in [0.5, 0.6) is 5.75 Å². The molecule has 0 bridgehead atoms. The van der Waals surface area contributed by atoms with E-state index in [0.29, 0.717) is 32.6 Å². The van der Waals surface area contributed by atoms with E-state index in [9.17, 15) is 9.59 Å². The number of hydrogen-bond acceptors (Lipinski definition) is 4. The van der Waals surface area contributed by atoms with Crippen LogP contribution in [0, 0.1) is 0 Å². The van der Waals surface area contributed by atoms with Crippen LogP contribution in [0.2, 0.25) is 10.0 Å². The van der Waals surface area contributed by atoms with Gasteiger partial charge in [-0.05, 0) is 66.7 Å². The third-order valence-electron chi connectivity index (χ3n) is 3.93. The number of amides is 2. The van der Waals surface area contributed by atoms with Crippen molar-refractivity contribution in [2.24, 2.45) is 5.10 Å². The van der Waals surface area contributed by atoms with Gasteiger partial charge in [-0.2, -0.15) is 5.10 Å². The zero-order valence-electron chi connectivity index (χ0n) is 15.9. The van der Waals surface area contributed by atoms with Gasteiger partial charge in [0.2, 0.25) is 0 Å². The summed E-state index contributed by atoms with van der Waals surface area (Å²) in [6.07, 6.45) is 1.40. The first-order valence-electron chi connectivity index (χ1n) is 8.97. The number of anilines is 1. The van der Waals surface area contributed by atoms with Gasteiger partial charge >= 0.3 is 0 Å². The van der Waals surface area contributed by atoms with Crippen molar-refractivity contribution in [2.75, 3.05) is 11.9 Å². The Hall–Kier alpha value is -2.87. The lowest BCUT2D eigenvalue weighted by atomic mass is 10.2. The van der Waals surface area contributed by atoms with Gasteiger partial charge in [0.15, 0.2) is 6.61 Å². The molecule has 3 rings (SSSR count). The molecule has 2 N–H and O–H groups in total. The molecule has 2 amide bonds. The molecular weight excluding hydrogens is 505 g/mol. The van der Waals surface area contributed by atoms with Gasteiger partial charge in [0, 0.05) is 31.3 Å². The van der Waals surface area contributed by atoms with Gasteiger partial charge in [0.1, 0.15) is 5.75 Å². The molecule has 0 saturated heterocycles. The number of nitrogens with one attached hydrogen (secondary N) is 2. The SMILES string of the molecule is O=C(COc1ccc(Cl)cc1/C=N/NC(=O)c1ccc(Br)cc1)Nc1ccc(Cl)cc1. The minimum absolute atomic E-state index is 0.226. The summed E-state index contributed by atoms with van der Waals surface area (Å²) in [6, 6.07) is 18.5. The summed E-state index contributed by atoms with van der Waals surface area (Å²) in [5.41, 5.74) is 4.01. The summed E-state index contributed by atoms with van der Waals surface area (Å²) >= 11 is 15.2. The molecule has 0 radical (unpaired) electrons. The van der Waals surface area contributed by atoms with E-state index in [1.54, 1.807) is 66.7 Å². The summed E-state index contributed by atoms with van der Waals surface area (Å²) in [7, 11) is 0. The molecule has 6 nitrogen and oxygen atoms in total. The molecule has 0 aliphatic heterocycles. The summed E-state index contributed by atoms with van der Waals surface area (Å²) in [5.74, 6) is -0.323. The topological polar surface area (TPSA) is 79.8 Å². The van der Waals surface area contributed by atoms with E-state index >= 15 is 0 Å². The summed E-state index contributed by atoms with van der Waals surface area (Å²) in [6.45, 7) is -0.226. The Balaban J connectivity index is 1.61. The minimum Gasteiger partial charge on any atom is -0.483 e. The zero-order chi connectivity index (χ0) is 22.2. The van der Waals surface area contributed by atoms with Crippen LogP contribution in [0.3, 0.4) is 0 Å². The van der Waals surface area contributed by atoms with E-state index in [0.717, 1.165) is 4.47 Å². The number of rotatable bonds is 7. The Bertz CT molecular complexity index is 1100. The fourth-order valence-electron chi connectivity index (χ4n) is 2.45. The van der Waals surface area contributed by atoms with Crippen LogP contribution in [0.1, 0.15) is 15.9 Å². The Labute approximate surface area is 197 Å². The molecule has 0 aromatic heterocycles. The lowest BCUT2D eigenvalue weighted by molar-refractivity contribution is -0.118. The fourth-order valence-corrected chi connectivity index (χ4v) is 3.02. The van der Waals surface area contributed by atoms with Crippen LogP contribution in [0.4, 0.5) is 5.69 Å². The van der Waals surface area contributed by atoms with Gasteiger partial charge in [-0.1, -0.05) is 39.1 Å². The minimum atomic E-state index is -0.365. The Morgan fingerprint density at radius 1 is 0.968 bits per heavy atom. The van der Waals surface area contributed by atoms with Crippen LogP contribution in [0.25, 0.3) is 0 Å². The molecule has 3 aromatic rings. The molecule has 0 aliphatic rings. The smallest absolute Gasteiger partial charge is 0.271 e. The Morgan fingerprint density at radius 3 is 2.35 bits per heavy atom. The van der Waals surface area contributed by atoms with Crippen molar-refractivity contribution in [3.63, 3.8) is 0 Å². The molecule has 0 saturated carbocycles. The summed E-state index contributed by atoms with van der Waals surface area (Å²) < 4.78 is 6.47. The predicted molar refractivity (Wildman–Crippen MR) is 126 cm³/mol. The van der Waals surface area contributed by atoms with Crippen molar-refractivity contribution in [1.82, 2.24) is 5.43 Å². The van der Waals surface area contributed by atoms with Crippen LogP contribution in [-0.4, -0.2) is 24.6 Å². The average molecular weight is 521 g/mol. The predicted octanol–water partition coefficient (Wildman–Crippen LogP) is 5.54. The van der Waals surface area contributed by atoms with Gasteiger partial charge in [0.25, 0.3) is 11.8 Å². The number of halogens is 3. The van der Waals surface area contributed by atoms with Crippen LogP contribution in [0.15, 0.2) is 76.3 Å². The Kier molecular flexibility index (Phi) is 8.06. The summed E-state index contributed by atoms with van der Waals surface area (Å²) in [4.78, 5) is 24.3. The highest BCUT2D eigenvalue weighted by Crippen LogP contribution is 2.22. The number of hydrazone groups is 1. The van der Waals surface area contributed by atoms with Crippen LogP contribution in [-0.2, 0) is 4.79 Å². The first kappa shape index (κ1) is 22.8. The van der Waals surface area contributed by atoms with Crippen molar-refractivity contribution in [3.05, 3.63) is 92.4 Å². The highest BCUT2D eigenvalue weighted by atomic mass is 79.9. The van der Waals surface area contributed by atoms with E-state index in [4.69, 9.17) is 27.9 Å². The van der Waals surface area contributed by atoms with Crippen molar-refractivity contribution < 1.29 is 14.3 Å². The van der Waals surface area contributed by atoms with Gasteiger partial charge < -0.3 is 10.1 Å². The third kappa shape index (κ3) is 7.10. The molecule has 0 aliphatic carbocycles. The third-order valence-corrected chi connectivity index (χ3v) is 4.95. The van der Waals surface area contributed by atoms with Crippen molar-refractivity contribution >= 4 is 62.8 Å². The first-order valence-corrected chi connectivity index (χ1v) is 10.5. The first-order chi connectivity index (χ1) is 14.9. The molecule has 0 unspecified atom stereocenters. The lowest BCUT2D eigenvalue weighted by Crippen LogP contribution is -2.20. The van der Waals surface area contributed by atoms with E-state index in [2.05, 4.69) is 31.8 Å². The van der Waals surface area contributed by atoms with Gasteiger partial charge in [-0.15, -0.1) is 0 Å². The molecule has 0 atom stereocenters. The van der Waals surface area contributed by atoms with Crippen molar-refractivity contribution in [1.29, 1.82) is 0 Å². The van der Waals surface area contributed by atoms with Crippen LogP contribution < -0.4 is 15.5 Å². The van der Waals surface area contributed by atoms with E-state index < -0.39 is 0 Å². The van der Waals surface area contributed by atoms with E-state index in [1.807, 2.05) is 0 Å². The van der Waals surface area contributed by atoms with E-state index in [1.165, 1.54) is 6.21 Å². The molecule has 0 fully saturated rings. The van der Waals surface area contributed by atoms with Crippen molar-refractivity contribution in [2.45, 2.75) is 0 Å². The van der Waals surface area contributed by atoms with Crippen LogP contribution >= 0.6 is 39.1 Å². The van der Waals surface area contributed by atoms with Gasteiger partial charge in [-0.25, -0.2) is 5.43 Å². The molecule has 0 spiro atoms. The number of carbonyl (C=O) groups is 2. The molecular formula is C22H16BrCl2N3O3. The monoisotopic (exact) mass is 519 g/mol. The molecule has 9 heteroatoms. The maximum Gasteiger partial charge on any atom is 0.271 e. The fraction of sp³-hybridized carbons (Fsp3) is 0.0455. The molecule has 31 heavy (non-hydrogen) atoms. The highest BCUT2D eigenvalue weighted by molar-refractivity contribution is 9.10. The standard InChI is InChI=1S/C22H16BrCl2N3O3/c23-16-3-1-14(2-4-16)22(30)28-26-12-15-11-18(25)7-10-20(15)31-13-21(29)27-19-8-5-17(24)6-9-19/h1-12H,13H2,(H,27,29)(H,28,30)/b26-12+. The maximum atomic E-state index is 12.1. The molecule has 3 aromatic carbocycles. The van der Waals surface area contributed by atoms with Gasteiger partial charge in [0.05, 0.1) is 6.21 Å². The highest BCUT2D eigenvalue weighted by Gasteiger charge is 2.08. The van der Waals surface area contributed by atoms with Crippen molar-refractivity contribution in [3.8, 4) is 5.75 Å². The maximum absolute atomic E-state index is 12.1. The number of ether oxygens (including phenoxy) is 1. The summed E-state index contributed by atoms with van der Waals surface area (Å²) in [5, 5.41) is 7.70. The van der Waals surface area contributed by atoms with Gasteiger partial charge in [-0.3, -0.25) is 9.59 Å². The largest absolute Gasteiger partial charge is 0.483 e. The lowest BCUT2D eigenvalue weighted by Gasteiger charge is -2.10. The zero-order valence-corrected chi connectivity index (χ0v) is 19.0. The quantitative estimate of drug-likeness (QED) is 0.317. The second-order valence-electron chi connectivity index (χ2n) is 6.23. The number of benzene rings is 3. The number of hydrogen-bond donors (Lipinski definition) is 2. The molecule has 158 valence electrons. The van der Waals surface area contributed by atoms with E-state index in [-0.39, 0.29) is 18.4 Å². The number of carbonyl (C=O) groups excluding carboxylic acids is 2. The molecule has 0 heterocycles. The average Bonchev–Trinajstić information content (AvgIpc) is 2.75. The number of nitrogens with zero attached hydrogens (tertiary/aromatic N) is 1. The Morgan fingerprint density at radius 2 is 1.65 bits per heavy atom. The second kappa shape index (κ2) is 10.9. The normalized spacial score (nSPS) is 10.7.